The second kappa shape index (κ2) is 3.69. The van der Waals surface area contributed by atoms with Crippen molar-refractivity contribution in [3.05, 3.63) is 12.2 Å². The zero-order valence-electron chi connectivity index (χ0n) is 10.8. The summed E-state index contributed by atoms with van der Waals surface area (Å²) < 4.78 is 5.18. The first kappa shape index (κ1) is 12.1. The molecule has 1 saturated carbocycles. The average molecular weight is 277 g/mol. The molecule has 0 radical (unpaired) electrons. The van der Waals surface area contributed by atoms with Crippen LogP contribution in [0, 0.1) is 23.7 Å². The number of carboxylic acids is 1. The standard InChI is InChI=1S/C14H15NO5/c16-11-9-7-1-2-8(5-7)10(9)12(17)15(11)14(13(18)19)3-4-20-6-14/h1-2,7-10H,3-6H2,(H,18,19). The molecule has 0 spiro atoms. The maximum Gasteiger partial charge on any atom is 0.332 e. The van der Waals surface area contributed by atoms with Gasteiger partial charge >= 0.3 is 5.97 Å². The molecule has 106 valence electrons. The molecule has 4 aliphatic rings. The average Bonchev–Trinajstić information content (AvgIpc) is 3.14. The van der Waals surface area contributed by atoms with Crippen LogP contribution in [0.1, 0.15) is 12.8 Å². The smallest absolute Gasteiger partial charge is 0.332 e. The quantitative estimate of drug-likeness (QED) is 0.569. The van der Waals surface area contributed by atoms with E-state index < -0.39 is 11.5 Å². The molecule has 5 unspecified atom stereocenters. The number of aliphatic carboxylic acids is 1. The number of carbonyl (C=O) groups is 3. The SMILES string of the molecule is O=C1C2C3C=CC(C3)C2C(=O)N1C1(C(=O)O)CCOC1. The van der Waals surface area contributed by atoms with Crippen molar-refractivity contribution in [2.75, 3.05) is 13.2 Å². The first-order valence-electron chi connectivity index (χ1n) is 6.94. The number of fused-ring (bicyclic) bond motifs is 5. The minimum atomic E-state index is -1.49. The predicted molar refractivity (Wildman–Crippen MR) is 65.4 cm³/mol. The molecule has 2 bridgehead atoms. The third kappa shape index (κ3) is 1.21. The van der Waals surface area contributed by atoms with Crippen LogP contribution in [0.5, 0.6) is 0 Å². The van der Waals surface area contributed by atoms with Gasteiger partial charge in [0.25, 0.3) is 0 Å². The molecule has 1 N–H and O–H groups in total. The normalized spacial score (nSPS) is 45.5. The summed E-state index contributed by atoms with van der Waals surface area (Å²) in [5, 5.41) is 9.53. The van der Waals surface area contributed by atoms with E-state index in [4.69, 9.17) is 4.74 Å². The first-order valence-corrected chi connectivity index (χ1v) is 6.94. The van der Waals surface area contributed by atoms with Gasteiger partial charge in [-0.15, -0.1) is 0 Å². The Morgan fingerprint density at radius 2 is 1.85 bits per heavy atom. The Morgan fingerprint density at radius 1 is 1.25 bits per heavy atom. The summed E-state index contributed by atoms with van der Waals surface area (Å²) >= 11 is 0. The molecular formula is C14H15NO5. The van der Waals surface area contributed by atoms with Gasteiger partial charge in [-0.25, -0.2) is 4.79 Å². The van der Waals surface area contributed by atoms with Crippen molar-refractivity contribution in [2.24, 2.45) is 23.7 Å². The maximum absolute atomic E-state index is 12.6. The number of allylic oxidation sites excluding steroid dienone is 2. The highest BCUT2D eigenvalue weighted by Crippen LogP contribution is 2.54. The maximum atomic E-state index is 12.6. The van der Waals surface area contributed by atoms with Gasteiger partial charge in [0, 0.05) is 13.0 Å². The number of hydrogen-bond donors (Lipinski definition) is 1. The zero-order chi connectivity index (χ0) is 14.1. The molecular weight excluding hydrogens is 262 g/mol. The van der Waals surface area contributed by atoms with Crippen molar-refractivity contribution in [3.8, 4) is 0 Å². The summed E-state index contributed by atoms with van der Waals surface area (Å²) in [4.78, 5) is 37.9. The van der Waals surface area contributed by atoms with E-state index in [0.29, 0.717) is 0 Å². The molecule has 3 fully saturated rings. The van der Waals surface area contributed by atoms with Crippen LogP contribution in [-0.4, -0.2) is 46.5 Å². The second-order valence-corrected chi connectivity index (χ2v) is 6.15. The predicted octanol–water partition coefficient (Wildman–Crippen LogP) is 0.0372. The van der Waals surface area contributed by atoms with E-state index in [1.165, 1.54) is 0 Å². The highest BCUT2D eigenvalue weighted by molar-refractivity contribution is 6.10. The summed E-state index contributed by atoms with van der Waals surface area (Å²) in [5.41, 5.74) is -1.49. The minimum Gasteiger partial charge on any atom is -0.479 e. The third-order valence-corrected chi connectivity index (χ3v) is 5.30. The summed E-state index contributed by atoms with van der Waals surface area (Å²) in [6, 6.07) is 0. The Hall–Kier alpha value is -1.69. The molecule has 2 aliphatic heterocycles. The minimum absolute atomic E-state index is 0.0952. The third-order valence-electron chi connectivity index (χ3n) is 5.30. The highest BCUT2D eigenvalue weighted by atomic mass is 16.5. The molecule has 2 saturated heterocycles. The van der Waals surface area contributed by atoms with Crippen molar-refractivity contribution < 1.29 is 24.2 Å². The molecule has 4 rings (SSSR count). The van der Waals surface area contributed by atoms with Crippen LogP contribution in [0.4, 0.5) is 0 Å². The van der Waals surface area contributed by atoms with Gasteiger partial charge in [-0.1, -0.05) is 12.2 Å². The van der Waals surface area contributed by atoms with Gasteiger partial charge in [-0.2, -0.15) is 0 Å². The largest absolute Gasteiger partial charge is 0.479 e. The fraction of sp³-hybridized carbons (Fsp3) is 0.643. The summed E-state index contributed by atoms with van der Waals surface area (Å²) in [6.07, 6.45) is 5.03. The Labute approximate surface area is 115 Å². The molecule has 6 heteroatoms. The van der Waals surface area contributed by atoms with Crippen molar-refractivity contribution in [1.29, 1.82) is 0 Å². The summed E-state index contributed by atoms with van der Waals surface area (Å²) in [5.74, 6) is -2.28. The number of nitrogens with zero attached hydrogens (tertiary/aromatic N) is 1. The summed E-state index contributed by atoms with van der Waals surface area (Å²) in [7, 11) is 0. The Morgan fingerprint density at radius 3 is 2.30 bits per heavy atom. The van der Waals surface area contributed by atoms with E-state index >= 15 is 0 Å². The van der Waals surface area contributed by atoms with E-state index in [1.807, 2.05) is 12.2 Å². The number of imide groups is 1. The lowest BCUT2D eigenvalue weighted by Gasteiger charge is -2.32. The number of ether oxygens (including phenoxy) is 1. The molecule has 2 amide bonds. The Balaban J connectivity index is 1.76. The van der Waals surface area contributed by atoms with Crippen molar-refractivity contribution in [2.45, 2.75) is 18.4 Å². The lowest BCUT2D eigenvalue weighted by atomic mass is 9.85. The van der Waals surface area contributed by atoms with Gasteiger partial charge < -0.3 is 9.84 Å². The van der Waals surface area contributed by atoms with Gasteiger partial charge in [-0.05, 0) is 18.3 Å². The molecule has 0 aromatic carbocycles. The van der Waals surface area contributed by atoms with Crippen LogP contribution in [0.2, 0.25) is 0 Å². The van der Waals surface area contributed by atoms with Crippen LogP contribution >= 0.6 is 0 Å². The number of hydrogen-bond acceptors (Lipinski definition) is 4. The van der Waals surface area contributed by atoms with Crippen LogP contribution in [0.15, 0.2) is 12.2 Å². The topological polar surface area (TPSA) is 83.9 Å². The molecule has 5 atom stereocenters. The lowest BCUT2D eigenvalue weighted by Crippen LogP contribution is -2.58. The lowest BCUT2D eigenvalue weighted by molar-refractivity contribution is -0.164. The van der Waals surface area contributed by atoms with Crippen LogP contribution < -0.4 is 0 Å². The Bertz CT molecular complexity index is 518. The van der Waals surface area contributed by atoms with Crippen LogP contribution in [-0.2, 0) is 19.1 Å². The second-order valence-electron chi connectivity index (χ2n) is 6.15. The van der Waals surface area contributed by atoms with E-state index in [-0.39, 0.29) is 55.1 Å². The number of likely N-dealkylation sites (tertiary alicyclic amines) is 1. The van der Waals surface area contributed by atoms with E-state index in [2.05, 4.69) is 0 Å². The van der Waals surface area contributed by atoms with Gasteiger partial charge in [0.15, 0.2) is 5.54 Å². The van der Waals surface area contributed by atoms with Crippen molar-refractivity contribution >= 4 is 17.8 Å². The van der Waals surface area contributed by atoms with Crippen molar-refractivity contribution in [3.63, 3.8) is 0 Å². The van der Waals surface area contributed by atoms with E-state index in [0.717, 1.165) is 11.3 Å². The monoisotopic (exact) mass is 277 g/mol. The fourth-order valence-corrected chi connectivity index (χ4v) is 4.32. The zero-order valence-corrected chi connectivity index (χ0v) is 10.8. The summed E-state index contributed by atoms with van der Waals surface area (Å²) in [6.45, 7) is 0.172. The van der Waals surface area contributed by atoms with Gasteiger partial charge in [0.05, 0.1) is 18.4 Å². The van der Waals surface area contributed by atoms with E-state index in [9.17, 15) is 19.5 Å². The van der Waals surface area contributed by atoms with Crippen LogP contribution in [0.3, 0.4) is 0 Å². The molecule has 20 heavy (non-hydrogen) atoms. The fourth-order valence-electron chi connectivity index (χ4n) is 4.32. The molecule has 0 aromatic rings. The molecule has 2 heterocycles. The van der Waals surface area contributed by atoms with Crippen LogP contribution in [0.25, 0.3) is 0 Å². The van der Waals surface area contributed by atoms with Gasteiger partial charge in [0.1, 0.15) is 0 Å². The number of rotatable bonds is 2. The van der Waals surface area contributed by atoms with E-state index in [1.54, 1.807) is 0 Å². The van der Waals surface area contributed by atoms with Gasteiger partial charge in [-0.3, -0.25) is 14.5 Å². The first-order chi connectivity index (χ1) is 9.56. The van der Waals surface area contributed by atoms with Gasteiger partial charge in [0.2, 0.25) is 11.8 Å². The van der Waals surface area contributed by atoms with Crippen molar-refractivity contribution in [1.82, 2.24) is 4.90 Å². The molecule has 2 aliphatic carbocycles. The number of carboxylic acid groups (broad SMARTS) is 1. The molecule has 6 nitrogen and oxygen atoms in total. The number of amides is 2. The number of carbonyl (C=O) groups excluding carboxylic acids is 2. The molecule has 0 aromatic heterocycles. The Kier molecular flexibility index (Phi) is 2.23. The highest BCUT2D eigenvalue weighted by Gasteiger charge is 2.65.